The predicted molar refractivity (Wildman–Crippen MR) is 119 cm³/mol. The standard InChI is InChI=1S/C23H26N4O3/c28-21-19(15-24-12-10-17-14-25-20-9-5-4-8-18(17)20)22(29)27(23(30)26-21)13-11-16-6-2-1-3-7-16/h4-6,8-9,14-15,25,29H,1-3,7,10-13H2,(H,26,28,30). The zero-order valence-corrected chi connectivity index (χ0v) is 16.9. The number of benzene rings is 1. The molecule has 2 aromatic heterocycles. The summed E-state index contributed by atoms with van der Waals surface area (Å²) in [6.45, 7) is 0.802. The first-order chi connectivity index (χ1) is 14.6. The smallest absolute Gasteiger partial charge is 0.331 e. The third-order valence-corrected chi connectivity index (χ3v) is 5.65. The lowest BCUT2D eigenvalue weighted by Gasteiger charge is -2.14. The first-order valence-electron chi connectivity index (χ1n) is 10.4. The average molecular weight is 406 g/mol. The molecule has 0 spiro atoms. The van der Waals surface area contributed by atoms with Crippen molar-refractivity contribution in [2.24, 2.45) is 4.99 Å². The second-order valence-electron chi connectivity index (χ2n) is 7.65. The molecule has 0 amide bonds. The molecule has 1 aromatic carbocycles. The summed E-state index contributed by atoms with van der Waals surface area (Å²) < 4.78 is 1.22. The number of nitrogens with one attached hydrogen (secondary N) is 2. The van der Waals surface area contributed by atoms with Gasteiger partial charge in [0, 0.05) is 36.4 Å². The summed E-state index contributed by atoms with van der Waals surface area (Å²) in [4.78, 5) is 34.2. The molecule has 0 unspecified atom stereocenters. The lowest BCUT2D eigenvalue weighted by atomic mass is 9.97. The third-order valence-electron chi connectivity index (χ3n) is 5.65. The molecule has 0 atom stereocenters. The van der Waals surface area contributed by atoms with E-state index in [0.29, 0.717) is 25.9 Å². The van der Waals surface area contributed by atoms with Crippen molar-refractivity contribution in [1.82, 2.24) is 14.5 Å². The van der Waals surface area contributed by atoms with Crippen molar-refractivity contribution < 1.29 is 5.11 Å². The van der Waals surface area contributed by atoms with Crippen molar-refractivity contribution in [3.8, 4) is 5.88 Å². The highest BCUT2D eigenvalue weighted by Crippen LogP contribution is 2.21. The van der Waals surface area contributed by atoms with E-state index in [4.69, 9.17) is 0 Å². The molecule has 1 aliphatic rings. The number of aromatic hydroxyl groups is 1. The fourth-order valence-corrected chi connectivity index (χ4v) is 3.97. The number of aliphatic imine (C=N–C) groups is 1. The van der Waals surface area contributed by atoms with Crippen LogP contribution < -0.4 is 11.2 Å². The van der Waals surface area contributed by atoms with Gasteiger partial charge in [0.15, 0.2) is 0 Å². The van der Waals surface area contributed by atoms with Crippen LogP contribution in [0.3, 0.4) is 0 Å². The molecular formula is C23H26N4O3. The quantitative estimate of drug-likeness (QED) is 0.414. The normalized spacial score (nSPS) is 14.5. The van der Waals surface area contributed by atoms with Gasteiger partial charge in [0.1, 0.15) is 5.56 Å². The highest BCUT2D eigenvalue weighted by molar-refractivity contribution is 5.83. The van der Waals surface area contributed by atoms with Crippen molar-refractivity contribution >= 4 is 17.1 Å². The van der Waals surface area contributed by atoms with E-state index in [1.54, 1.807) is 0 Å². The lowest BCUT2D eigenvalue weighted by Crippen LogP contribution is -2.32. The average Bonchev–Trinajstić information content (AvgIpc) is 3.16. The molecule has 3 aromatic rings. The van der Waals surface area contributed by atoms with E-state index in [9.17, 15) is 14.7 Å². The number of fused-ring (bicyclic) bond motifs is 1. The predicted octanol–water partition coefficient (Wildman–Crippen LogP) is 3.28. The molecule has 2 heterocycles. The molecule has 1 aliphatic carbocycles. The Morgan fingerprint density at radius 3 is 2.87 bits per heavy atom. The number of hydrogen-bond acceptors (Lipinski definition) is 4. The van der Waals surface area contributed by atoms with Gasteiger partial charge in [0.05, 0.1) is 0 Å². The van der Waals surface area contributed by atoms with Gasteiger partial charge in [-0.05, 0) is 50.2 Å². The highest BCUT2D eigenvalue weighted by atomic mass is 16.3. The van der Waals surface area contributed by atoms with Gasteiger partial charge < -0.3 is 10.1 Å². The maximum atomic E-state index is 12.2. The Bertz CT molecular complexity index is 1210. The summed E-state index contributed by atoms with van der Waals surface area (Å²) in [5.41, 5.74) is 2.32. The van der Waals surface area contributed by atoms with Crippen LogP contribution in [0.1, 0.15) is 43.2 Å². The van der Waals surface area contributed by atoms with Gasteiger partial charge in [-0.3, -0.25) is 19.3 Å². The van der Waals surface area contributed by atoms with Gasteiger partial charge in [-0.25, -0.2) is 4.79 Å². The van der Waals surface area contributed by atoms with Crippen LogP contribution in [0.4, 0.5) is 0 Å². The van der Waals surface area contributed by atoms with Crippen molar-refractivity contribution in [3.63, 3.8) is 0 Å². The molecule has 0 saturated heterocycles. The number of nitrogens with zero attached hydrogens (tertiary/aromatic N) is 2. The monoisotopic (exact) mass is 406 g/mol. The number of H-pyrrole nitrogens is 2. The fraction of sp³-hybridized carbons (Fsp3) is 0.348. The SMILES string of the molecule is O=c1[nH]c(=O)n(CCC2=CCCCC2)c(O)c1C=NCCc1c[nH]c2ccccc12. The zero-order valence-electron chi connectivity index (χ0n) is 16.9. The van der Waals surface area contributed by atoms with Crippen LogP contribution in [-0.2, 0) is 13.0 Å². The number of allylic oxidation sites excluding steroid dienone is 2. The minimum absolute atomic E-state index is 0.0196. The largest absolute Gasteiger partial charge is 0.494 e. The molecule has 7 heteroatoms. The number of para-hydroxylation sites is 1. The molecular weight excluding hydrogens is 380 g/mol. The first kappa shape index (κ1) is 19.9. The molecule has 4 rings (SSSR count). The van der Waals surface area contributed by atoms with Gasteiger partial charge in [-0.1, -0.05) is 29.8 Å². The maximum absolute atomic E-state index is 12.2. The molecule has 0 aliphatic heterocycles. The van der Waals surface area contributed by atoms with Crippen LogP contribution in [0, 0.1) is 0 Å². The van der Waals surface area contributed by atoms with Crippen molar-refractivity contribution in [2.75, 3.05) is 6.54 Å². The summed E-state index contributed by atoms with van der Waals surface area (Å²) >= 11 is 0. The van der Waals surface area contributed by atoms with Crippen LogP contribution in [0.2, 0.25) is 0 Å². The van der Waals surface area contributed by atoms with Crippen LogP contribution in [-0.4, -0.2) is 32.4 Å². The minimum atomic E-state index is -0.624. The number of aromatic nitrogens is 3. The van der Waals surface area contributed by atoms with Crippen LogP contribution in [0.15, 0.2) is 56.7 Å². The van der Waals surface area contributed by atoms with E-state index in [1.165, 1.54) is 22.8 Å². The van der Waals surface area contributed by atoms with Gasteiger partial charge in [-0.2, -0.15) is 0 Å². The summed E-state index contributed by atoms with van der Waals surface area (Å²) in [7, 11) is 0. The Labute approximate surface area is 173 Å². The maximum Gasteiger partial charge on any atom is 0.331 e. The van der Waals surface area contributed by atoms with Crippen LogP contribution in [0.5, 0.6) is 5.88 Å². The van der Waals surface area contributed by atoms with Crippen LogP contribution >= 0.6 is 0 Å². The fourth-order valence-electron chi connectivity index (χ4n) is 3.97. The summed E-state index contributed by atoms with van der Waals surface area (Å²) in [5, 5.41) is 11.7. The van der Waals surface area contributed by atoms with E-state index in [2.05, 4.69) is 27.1 Å². The molecule has 30 heavy (non-hydrogen) atoms. The summed E-state index contributed by atoms with van der Waals surface area (Å²) in [6.07, 6.45) is 11.4. The van der Waals surface area contributed by atoms with Crippen molar-refractivity contribution in [1.29, 1.82) is 0 Å². The molecule has 0 radical (unpaired) electrons. The Morgan fingerprint density at radius 1 is 1.17 bits per heavy atom. The Balaban J connectivity index is 1.47. The molecule has 7 nitrogen and oxygen atoms in total. The topological polar surface area (TPSA) is 103 Å². The van der Waals surface area contributed by atoms with Gasteiger partial charge in [-0.15, -0.1) is 0 Å². The van der Waals surface area contributed by atoms with E-state index in [-0.39, 0.29) is 11.4 Å². The second kappa shape index (κ2) is 8.98. The number of aromatic amines is 2. The van der Waals surface area contributed by atoms with Gasteiger partial charge >= 0.3 is 5.69 Å². The van der Waals surface area contributed by atoms with Gasteiger partial charge in [0.25, 0.3) is 5.56 Å². The van der Waals surface area contributed by atoms with Gasteiger partial charge in [0.2, 0.25) is 5.88 Å². The summed E-state index contributed by atoms with van der Waals surface area (Å²) in [6, 6.07) is 8.05. The summed E-state index contributed by atoms with van der Waals surface area (Å²) in [5.74, 6) is -0.323. The van der Waals surface area contributed by atoms with Crippen molar-refractivity contribution in [3.05, 3.63) is 74.1 Å². The van der Waals surface area contributed by atoms with E-state index in [0.717, 1.165) is 35.7 Å². The molecule has 156 valence electrons. The molecule has 0 bridgehead atoms. The number of rotatable bonds is 7. The zero-order chi connectivity index (χ0) is 20.9. The Kier molecular flexibility index (Phi) is 5.97. The molecule has 0 fully saturated rings. The van der Waals surface area contributed by atoms with E-state index < -0.39 is 11.2 Å². The second-order valence-corrected chi connectivity index (χ2v) is 7.65. The minimum Gasteiger partial charge on any atom is -0.494 e. The van der Waals surface area contributed by atoms with E-state index in [1.807, 2.05) is 24.4 Å². The third kappa shape index (κ3) is 4.30. The highest BCUT2D eigenvalue weighted by Gasteiger charge is 2.13. The Hall–Kier alpha value is -3.35. The number of hydrogen-bond donors (Lipinski definition) is 3. The Morgan fingerprint density at radius 2 is 2.03 bits per heavy atom. The first-order valence-corrected chi connectivity index (χ1v) is 10.4. The van der Waals surface area contributed by atoms with Crippen LogP contribution in [0.25, 0.3) is 10.9 Å². The van der Waals surface area contributed by atoms with Crippen molar-refractivity contribution in [2.45, 2.75) is 45.1 Å². The molecule has 0 saturated carbocycles. The van der Waals surface area contributed by atoms with E-state index >= 15 is 0 Å². The lowest BCUT2D eigenvalue weighted by molar-refractivity contribution is 0.398. The molecule has 3 N–H and O–H groups in total.